The number of carboxylic acids is 1. The van der Waals surface area contributed by atoms with Gasteiger partial charge < -0.3 is 14.6 Å². The molecule has 1 amide bonds. The molecule has 3 rings (SSSR count). The minimum absolute atomic E-state index is 0.223. The van der Waals surface area contributed by atoms with Crippen LogP contribution in [0.15, 0.2) is 53.4 Å². The number of hydrogen-bond donors (Lipinski definition) is 0. The lowest BCUT2D eigenvalue weighted by atomic mass is 10.2. The third-order valence-electron chi connectivity index (χ3n) is 3.39. The van der Waals surface area contributed by atoms with Crippen LogP contribution < -0.4 is 14.7 Å². The average molecular weight is 405 g/mol. The van der Waals surface area contributed by atoms with Crippen LogP contribution in [0, 0.1) is 0 Å². The second kappa shape index (κ2) is 7.90. The number of hydrogen-bond acceptors (Lipinski definition) is 6. The molecule has 1 saturated heterocycles. The van der Waals surface area contributed by atoms with E-state index in [-0.39, 0.29) is 5.91 Å². The monoisotopic (exact) mass is 404 g/mol. The maximum Gasteiger partial charge on any atom is 0.270 e. The van der Waals surface area contributed by atoms with Gasteiger partial charge in [0.05, 0.1) is 16.6 Å². The van der Waals surface area contributed by atoms with Crippen molar-refractivity contribution in [2.45, 2.75) is 0 Å². The molecular formula is C18H11ClNO4S2-. The van der Waals surface area contributed by atoms with Gasteiger partial charge in [0.25, 0.3) is 5.91 Å². The normalized spacial score (nSPS) is 15.6. The zero-order valence-corrected chi connectivity index (χ0v) is 15.6. The summed E-state index contributed by atoms with van der Waals surface area (Å²) in [5, 5.41) is 10.9. The summed E-state index contributed by atoms with van der Waals surface area (Å²) in [4.78, 5) is 25.0. The fourth-order valence-electron chi connectivity index (χ4n) is 2.26. The zero-order valence-electron chi connectivity index (χ0n) is 13.2. The Morgan fingerprint density at radius 2 is 2.00 bits per heavy atom. The van der Waals surface area contributed by atoms with Crippen LogP contribution in [0.25, 0.3) is 6.08 Å². The summed E-state index contributed by atoms with van der Waals surface area (Å²) in [6.07, 6.45) is 1.71. The van der Waals surface area contributed by atoms with Crippen molar-refractivity contribution in [3.8, 4) is 5.75 Å². The highest BCUT2D eigenvalue weighted by Gasteiger charge is 2.33. The first-order chi connectivity index (χ1) is 12.4. The first-order valence-electron chi connectivity index (χ1n) is 7.40. The van der Waals surface area contributed by atoms with Crippen molar-refractivity contribution in [2.75, 3.05) is 11.5 Å². The zero-order chi connectivity index (χ0) is 18.7. The van der Waals surface area contributed by atoms with E-state index in [0.29, 0.717) is 25.7 Å². The maximum atomic E-state index is 12.7. The van der Waals surface area contributed by atoms with E-state index in [9.17, 15) is 14.7 Å². The molecule has 5 nitrogen and oxygen atoms in total. The van der Waals surface area contributed by atoms with Crippen LogP contribution in [0.5, 0.6) is 5.75 Å². The summed E-state index contributed by atoms with van der Waals surface area (Å²) in [5.74, 6) is -1.11. The van der Waals surface area contributed by atoms with Gasteiger partial charge in [0, 0.05) is 5.02 Å². The van der Waals surface area contributed by atoms with Crippen molar-refractivity contribution in [3.63, 3.8) is 0 Å². The number of thioether (sulfide) groups is 1. The summed E-state index contributed by atoms with van der Waals surface area (Å²) < 4.78 is 5.45. The molecular weight excluding hydrogens is 394 g/mol. The molecule has 0 radical (unpaired) electrons. The van der Waals surface area contributed by atoms with Gasteiger partial charge in [0.1, 0.15) is 12.4 Å². The van der Waals surface area contributed by atoms with Crippen LogP contribution in [0.2, 0.25) is 5.02 Å². The summed E-state index contributed by atoms with van der Waals surface area (Å²) >= 11 is 12.5. The van der Waals surface area contributed by atoms with E-state index in [1.165, 1.54) is 16.7 Å². The van der Waals surface area contributed by atoms with Crippen molar-refractivity contribution in [3.05, 3.63) is 64.0 Å². The van der Waals surface area contributed by atoms with E-state index in [1.54, 1.807) is 54.6 Å². The Bertz CT molecular complexity index is 912. The van der Waals surface area contributed by atoms with E-state index in [2.05, 4.69) is 0 Å². The summed E-state index contributed by atoms with van der Waals surface area (Å²) in [5.41, 5.74) is 1.38. The van der Waals surface area contributed by atoms with E-state index < -0.39 is 12.6 Å². The number of carbonyl (C=O) groups excluding carboxylic acids is 2. The van der Waals surface area contributed by atoms with Crippen molar-refractivity contribution >= 4 is 63.5 Å². The molecule has 1 fully saturated rings. The molecule has 8 heteroatoms. The number of aliphatic carboxylic acids is 1. The number of nitrogens with zero attached hydrogens (tertiary/aromatic N) is 1. The van der Waals surface area contributed by atoms with Gasteiger partial charge in [-0.25, -0.2) is 0 Å². The second-order valence-corrected chi connectivity index (χ2v) is 7.34. The first kappa shape index (κ1) is 18.4. The fourth-order valence-corrected chi connectivity index (χ4v) is 3.74. The molecule has 0 atom stereocenters. The number of anilines is 1. The number of rotatable bonds is 5. The van der Waals surface area contributed by atoms with Crippen LogP contribution in [0.1, 0.15) is 5.56 Å². The Morgan fingerprint density at radius 1 is 1.27 bits per heavy atom. The molecule has 0 N–H and O–H groups in total. The van der Waals surface area contributed by atoms with E-state index in [0.717, 1.165) is 5.56 Å². The van der Waals surface area contributed by atoms with E-state index >= 15 is 0 Å². The van der Waals surface area contributed by atoms with Crippen LogP contribution >= 0.6 is 35.6 Å². The third kappa shape index (κ3) is 4.24. The minimum atomic E-state index is -1.29. The van der Waals surface area contributed by atoms with E-state index in [4.69, 9.17) is 28.6 Å². The molecule has 0 saturated carbocycles. The minimum Gasteiger partial charge on any atom is -0.546 e. The largest absolute Gasteiger partial charge is 0.546 e. The highest BCUT2D eigenvalue weighted by Crippen LogP contribution is 2.36. The predicted molar refractivity (Wildman–Crippen MR) is 104 cm³/mol. The molecule has 132 valence electrons. The van der Waals surface area contributed by atoms with E-state index in [1.807, 2.05) is 0 Å². The molecule has 0 spiro atoms. The molecule has 1 aliphatic rings. The van der Waals surface area contributed by atoms with Gasteiger partial charge in [0.2, 0.25) is 0 Å². The standard InChI is InChI=1S/C18H12ClNO4S2/c19-12-2-1-3-13(9-12)20-17(23)15(26-18(20)25)8-11-4-6-14(7-5-11)24-10-16(21)22/h1-9H,10H2,(H,21,22)/p-1/b15-8+. The van der Waals surface area contributed by atoms with Gasteiger partial charge in [-0.1, -0.05) is 53.8 Å². The van der Waals surface area contributed by atoms with Crippen LogP contribution in [-0.2, 0) is 9.59 Å². The molecule has 1 heterocycles. The van der Waals surface area contributed by atoms with Crippen molar-refractivity contribution in [1.29, 1.82) is 0 Å². The Labute approximate surface area is 164 Å². The van der Waals surface area contributed by atoms with Crippen LogP contribution in [0.4, 0.5) is 5.69 Å². The Balaban J connectivity index is 1.78. The maximum absolute atomic E-state index is 12.7. The number of halogens is 1. The molecule has 2 aromatic carbocycles. The van der Waals surface area contributed by atoms with Gasteiger partial charge in [-0.15, -0.1) is 0 Å². The Hall–Kier alpha value is -2.35. The number of carbonyl (C=O) groups is 2. The summed E-state index contributed by atoms with van der Waals surface area (Å²) in [7, 11) is 0. The lowest BCUT2D eigenvalue weighted by Gasteiger charge is -2.14. The lowest BCUT2D eigenvalue weighted by Crippen LogP contribution is -2.28. The lowest BCUT2D eigenvalue weighted by molar-refractivity contribution is -0.307. The van der Waals surface area contributed by atoms with Gasteiger partial charge >= 0.3 is 0 Å². The quantitative estimate of drug-likeness (QED) is 0.563. The second-order valence-electron chi connectivity index (χ2n) is 5.23. The van der Waals surface area contributed by atoms with Crippen LogP contribution in [-0.4, -0.2) is 22.8 Å². The average Bonchev–Trinajstić information content (AvgIpc) is 2.88. The van der Waals surface area contributed by atoms with Gasteiger partial charge in [-0.05, 0) is 42.0 Å². The number of carboxylic acid groups (broad SMARTS) is 1. The molecule has 1 aliphatic heterocycles. The summed E-state index contributed by atoms with van der Waals surface area (Å²) in [6, 6.07) is 13.6. The Morgan fingerprint density at radius 3 is 2.65 bits per heavy atom. The number of benzene rings is 2. The SMILES string of the molecule is O=C([O-])COc1ccc(/C=C2/SC(=S)N(c3cccc(Cl)c3)C2=O)cc1. The topological polar surface area (TPSA) is 69.7 Å². The smallest absolute Gasteiger partial charge is 0.270 e. The molecule has 26 heavy (non-hydrogen) atoms. The predicted octanol–water partition coefficient (Wildman–Crippen LogP) is 2.87. The molecule has 0 aliphatic carbocycles. The highest BCUT2D eigenvalue weighted by atomic mass is 35.5. The number of thiocarbonyl (C=S) groups is 1. The highest BCUT2D eigenvalue weighted by molar-refractivity contribution is 8.27. The molecule has 0 aromatic heterocycles. The van der Waals surface area contributed by atoms with Gasteiger partial charge in [-0.2, -0.15) is 0 Å². The van der Waals surface area contributed by atoms with Crippen molar-refractivity contribution in [2.24, 2.45) is 0 Å². The van der Waals surface area contributed by atoms with Crippen molar-refractivity contribution in [1.82, 2.24) is 0 Å². The molecule has 0 bridgehead atoms. The first-order valence-corrected chi connectivity index (χ1v) is 9.00. The summed E-state index contributed by atoms with van der Waals surface area (Å²) in [6.45, 7) is -0.516. The van der Waals surface area contributed by atoms with Crippen molar-refractivity contribution < 1.29 is 19.4 Å². The third-order valence-corrected chi connectivity index (χ3v) is 4.93. The fraction of sp³-hybridized carbons (Fsp3) is 0.0556. The number of amides is 1. The molecule has 0 unspecified atom stereocenters. The van der Waals surface area contributed by atoms with Gasteiger partial charge in [-0.3, -0.25) is 9.69 Å². The Kier molecular flexibility index (Phi) is 5.61. The van der Waals surface area contributed by atoms with Crippen LogP contribution in [0.3, 0.4) is 0 Å². The van der Waals surface area contributed by atoms with Gasteiger partial charge in [0.15, 0.2) is 4.32 Å². The number of ether oxygens (including phenoxy) is 1. The molecule has 2 aromatic rings.